The van der Waals surface area contributed by atoms with Gasteiger partial charge in [-0.1, -0.05) is 0 Å². The molecule has 1 aromatic rings. The highest BCUT2D eigenvalue weighted by Gasteiger charge is 2.25. The third kappa shape index (κ3) is 4.81. The minimum atomic E-state index is -3.67. The third-order valence-corrected chi connectivity index (χ3v) is 6.58. The zero-order chi connectivity index (χ0) is 20.1. The Hall–Kier alpha value is -1.72. The van der Waals surface area contributed by atoms with Gasteiger partial charge in [-0.15, -0.1) is 0 Å². The molecule has 10 heteroatoms. The van der Waals surface area contributed by atoms with Gasteiger partial charge in [0.15, 0.2) is 6.29 Å². The Labute approximate surface area is 165 Å². The lowest BCUT2D eigenvalue weighted by Crippen LogP contribution is -2.39. The van der Waals surface area contributed by atoms with Crippen LogP contribution in [0.15, 0.2) is 23.1 Å². The summed E-state index contributed by atoms with van der Waals surface area (Å²) in [4.78, 5) is 20.3. The van der Waals surface area contributed by atoms with Gasteiger partial charge in [-0.05, 0) is 31.0 Å². The number of hydroxylamine groups is 1. The van der Waals surface area contributed by atoms with Crippen molar-refractivity contribution in [3.8, 4) is 0 Å². The minimum Gasteiger partial charge on any atom is -0.378 e. The fourth-order valence-corrected chi connectivity index (χ4v) is 4.06. The molecule has 2 aliphatic heterocycles. The molecule has 0 spiro atoms. The van der Waals surface area contributed by atoms with Crippen LogP contribution in [0.1, 0.15) is 29.6 Å². The maximum absolute atomic E-state index is 12.8. The quantitative estimate of drug-likeness (QED) is 0.694. The molecule has 0 radical (unpaired) electrons. The number of morpholine rings is 1. The molecular formula is C18H27N3O6S. The van der Waals surface area contributed by atoms with Crippen LogP contribution in [0.25, 0.3) is 0 Å². The Balaban J connectivity index is 1.86. The van der Waals surface area contributed by atoms with E-state index in [2.05, 4.69) is 5.48 Å². The second-order valence-corrected chi connectivity index (χ2v) is 9.06. The van der Waals surface area contributed by atoms with Crippen molar-refractivity contribution in [1.29, 1.82) is 0 Å². The third-order valence-electron chi connectivity index (χ3n) is 4.76. The monoisotopic (exact) mass is 413 g/mol. The molecule has 2 saturated heterocycles. The molecule has 9 nitrogen and oxygen atoms in total. The second kappa shape index (κ2) is 9.19. The number of anilines is 1. The van der Waals surface area contributed by atoms with E-state index in [1.165, 1.54) is 26.2 Å². The van der Waals surface area contributed by atoms with Crippen molar-refractivity contribution in [2.45, 2.75) is 30.4 Å². The minimum absolute atomic E-state index is 0.0496. The molecule has 28 heavy (non-hydrogen) atoms. The van der Waals surface area contributed by atoms with Crippen LogP contribution in [0.4, 0.5) is 5.69 Å². The van der Waals surface area contributed by atoms with Gasteiger partial charge in [0.2, 0.25) is 10.0 Å². The first-order valence-electron chi connectivity index (χ1n) is 9.36. The van der Waals surface area contributed by atoms with Crippen LogP contribution in [0.2, 0.25) is 0 Å². The summed E-state index contributed by atoms with van der Waals surface area (Å²) in [5, 5.41) is 0. The molecule has 0 aromatic heterocycles. The van der Waals surface area contributed by atoms with Gasteiger partial charge in [-0.25, -0.2) is 23.0 Å². The van der Waals surface area contributed by atoms with Gasteiger partial charge in [0, 0.05) is 45.9 Å². The standard InChI is InChI=1S/C18H27N3O6S/c1-20(2)28(23,24)14-6-7-16(21-8-11-25-12-9-21)15(13-14)18(22)19-27-17-5-3-4-10-26-17/h6-7,13,17H,3-5,8-12H2,1-2H3,(H,19,22). The zero-order valence-corrected chi connectivity index (χ0v) is 17.0. The van der Waals surface area contributed by atoms with Gasteiger partial charge in [-0.2, -0.15) is 0 Å². The lowest BCUT2D eigenvalue weighted by Gasteiger charge is -2.30. The fraction of sp³-hybridized carbons (Fsp3) is 0.611. The summed E-state index contributed by atoms with van der Waals surface area (Å²) >= 11 is 0. The number of rotatable bonds is 6. The van der Waals surface area contributed by atoms with Crippen LogP contribution in [0.5, 0.6) is 0 Å². The van der Waals surface area contributed by atoms with Crippen molar-refractivity contribution in [3.05, 3.63) is 23.8 Å². The number of amides is 1. The maximum atomic E-state index is 12.8. The average molecular weight is 413 g/mol. The van der Waals surface area contributed by atoms with Crippen LogP contribution >= 0.6 is 0 Å². The van der Waals surface area contributed by atoms with Gasteiger partial charge in [0.1, 0.15) is 0 Å². The van der Waals surface area contributed by atoms with E-state index >= 15 is 0 Å². The van der Waals surface area contributed by atoms with Crippen molar-refractivity contribution in [3.63, 3.8) is 0 Å². The molecule has 1 aromatic carbocycles. The smallest absolute Gasteiger partial charge is 0.277 e. The number of benzene rings is 1. The van der Waals surface area contributed by atoms with Crippen molar-refractivity contribution < 1.29 is 27.5 Å². The first kappa shape index (κ1) is 21.0. The summed E-state index contributed by atoms with van der Waals surface area (Å²) in [5.41, 5.74) is 3.31. The molecule has 1 unspecified atom stereocenters. The molecule has 2 fully saturated rings. The van der Waals surface area contributed by atoms with E-state index in [1.54, 1.807) is 6.07 Å². The molecule has 1 atom stereocenters. The number of nitrogens with zero attached hydrogens (tertiary/aromatic N) is 2. The molecular weight excluding hydrogens is 386 g/mol. The topological polar surface area (TPSA) is 97.4 Å². The van der Waals surface area contributed by atoms with Crippen LogP contribution in [0.3, 0.4) is 0 Å². The number of hydrogen-bond acceptors (Lipinski definition) is 7. The Morgan fingerprint density at radius 3 is 2.61 bits per heavy atom. The van der Waals surface area contributed by atoms with Crippen LogP contribution in [-0.2, 0) is 24.3 Å². The maximum Gasteiger partial charge on any atom is 0.277 e. The highest BCUT2D eigenvalue weighted by molar-refractivity contribution is 7.89. The summed E-state index contributed by atoms with van der Waals surface area (Å²) in [5.74, 6) is -0.508. The molecule has 1 amide bonds. The Kier molecular flexibility index (Phi) is 6.89. The summed E-state index contributed by atoms with van der Waals surface area (Å²) < 4.78 is 37.0. The molecule has 0 bridgehead atoms. The molecule has 2 heterocycles. The number of carbonyl (C=O) groups excluding carboxylic acids is 1. The number of hydrogen-bond donors (Lipinski definition) is 1. The Morgan fingerprint density at radius 1 is 1.21 bits per heavy atom. The largest absolute Gasteiger partial charge is 0.378 e. The number of nitrogens with one attached hydrogen (secondary N) is 1. The van der Waals surface area contributed by atoms with Crippen molar-refractivity contribution in [1.82, 2.24) is 9.79 Å². The van der Waals surface area contributed by atoms with Crippen LogP contribution in [-0.4, -0.2) is 71.9 Å². The van der Waals surface area contributed by atoms with E-state index in [-0.39, 0.29) is 10.5 Å². The summed E-state index contributed by atoms with van der Waals surface area (Å²) in [6.07, 6.45) is 2.15. The van der Waals surface area contributed by atoms with E-state index in [4.69, 9.17) is 14.3 Å². The predicted octanol–water partition coefficient (Wildman–Crippen LogP) is 0.962. The van der Waals surface area contributed by atoms with E-state index in [9.17, 15) is 13.2 Å². The molecule has 1 N–H and O–H groups in total. The van der Waals surface area contributed by atoms with E-state index in [1.807, 2.05) is 4.90 Å². The van der Waals surface area contributed by atoms with Gasteiger partial charge in [-0.3, -0.25) is 4.79 Å². The van der Waals surface area contributed by atoms with E-state index in [0.29, 0.717) is 45.0 Å². The fourth-order valence-electron chi connectivity index (χ4n) is 3.13. The predicted molar refractivity (Wildman–Crippen MR) is 102 cm³/mol. The van der Waals surface area contributed by atoms with Gasteiger partial charge < -0.3 is 14.4 Å². The molecule has 0 aliphatic carbocycles. The molecule has 0 saturated carbocycles. The normalized spacial score (nSPS) is 21.0. The number of carbonyl (C=O) groups is 1. The Morgan fingerprint density at radius 2 is 1.96 bits per heavy atom. The SMILES string of the molecule is CN(C)S(=O)(=O)c1ccc(N2CCOCC2)c(C(=O)NOC2CCCCO2)c1. The van der Waals surface area contributed by atoms with Crippen LogP contribution in [0, 0.1) is 0 Å². The lowest BCUT2D eigenvalue weighted by atomic mass is 10.1. The number of ether oxygens (including phenoxy) is 2. The summed E-state index contributed by atoms with van der Waals surface area (Å²) in [7, 11) is -0.765. The van der Waals surface area contributed by atoms with Crippen molar-refractivity contribution in [2.24, 2.45) is 0 Å². The van der Waals surface area contributed by atoms with E-state index < -0.39 is 22.2 Å². The highest BCUT2D eigenvalue weighted by atomic mass is 32.2. The van der Waals surface area contributed by atoms with Crippen molar-refractivity contribution in [2.75, 3.05) is 51.9 Å². The average Bonchev–Trinajstić information content (AvgIpc) is 2.72. The molecule has 156 valence electrons. The number of sulfonamides is 1. The summed E-state index contributed by atoms with van der Waals surface area (Å²) in [6.45, 7) is 2.92. The van der Waals surface area contributed by atoms with E-state index in [0.717, 1.165) is 17.1 Å². The highest BCUT2D eigenvalue weighted by Crippen LogP contribution is 2.26. The Bertz CT molecular complexity index is 787. The molecule has 2 aliphatic rings. The second-order valence-electron chi connectivity index (χ2n) is 6.91. The van der Waals surface area contributed by atoms with Crippen LogP contribution < -0.4 is 10.4 Å². The lowest BCUT2D eigenvalue weighted by molar-refractivity contribution is -0.186. The van der Waals surface area contributed by atoms with Gasteiger partial charge >= 0.3 is 0 Å². The first-order chi connectivity index (χ1) is 13.4. The summed E-state index contributed by atoms with van der Waals surface area (Å²) in [6, 6.07) is 4.57. The molecule has 3 rings (SSSR count). The van der Waals surface area contributed by atoms with Gasteiger partial charge in [0.25, 0.3) is 5.91 Å². The zero-order valence-electron chi connectivity index (χ0n) is 16.2. The first-order valence-corrected chi connectivity index (χ1v) is 10.8. The van der Waals surface area contributed by atoms with Crippen molar-refractivity contribution >= 4 is 21.6 Å². The van der Waals surface area contributed by atoms with Gasteiger partial charge in [0.05, 0.1) is 23.7 Å².